The molecule has 2 aliphatic heterocycles. The minimum Gasteiger partial charge on any atom is -0.325 e. The molecule has 0 spiro atoms. The third-order valence-electron chi connectivity index (χ3n) is 4.08. The van der Waals surface area contributed by atoms with Crippen LogP contribution in [-0.4, -0.2) is 76.2 Å². The van der Waals surface area contributed by atoms with Gasteiger partial charge in [-0.1, -0.05) is 23.2 Å². The van der Waals surface area contributed by atoms with Gasteiger partial charge in [-0.05, 0) is 30.0 Å². The van der Waals surface area contributed by atoms with Crippen LogP contribution < -0.4 is 5.32 Å². The predicted molar refractivity (Wildman–Crippen MR) is 106 cm³/mol. The highest BCUT2D eigenvalue weighted by molar-refractivity contribution is 8.14. The number of halogens is 2. The predicted octanol–water partition coefficient (Wildman–Crippen LogP) is 1.97. The molecule has 3 rings (SSSR count). The number of likely N-dealkylation sites (N-methyl/N-ethyl adjacent to an activating group) is 2. The SMILES string of the molecule is CN1C(=O)C2N=C(SCC(=O)Nc3cc(Cl)cc(Cl)c3)[N+](C)=C2N(C)C1=O. The first kappa shape index (κ1) is 19.7. The number of imide groups is 1. The summed E-state index contributed by atoms with van der Waals surface area (Å²) in [5.41, 5.74) is 0.491. The highest BCUT2D eigenvalue weighted by Crippen LogP contribution is 2.24. The van der Waals surface area contributed by atoms with Gasteiger partial charge in [-0.2, -0.15) is 0 Å². The highest BCUT2D eigenvalue weighted by Gasteiger charge is 2.51. The zero-order valence-electron chi connectivity index (χ0n) is 14.7. The number of rotatable bonds is 3. The van der Waals surface area contributed by atoms with E-state index in [1.807, 2.05) is 0 Å². The van der Waals surface area contributed by atoms with E-state index in [1.54, 1.807) is 36.9 Å². The van der Waals surface area contributed by atoms with Gasteiger partial charge in [0.05, 0.1) is 19.8 Å². The van der Waals surface area contributed by atoms with E-state index in [9.17, 15) is 14.4 Å². The molecule has 8 nitrogen and oxygen atoms in total. The molecule has 1 saturated heterocycles. The van der Waals surface area contributed by atoms with Crippen LogP contribution >= 0.6 is 35.0 Å². The molecular weight excluding hydrogens is 413 g/mol. The van der Waals surface area contributed by atoms with Crippen LogP contribution in [0.25, 0.3) is 0 Å². The number of hydrogen-bond donors (Lipinski definition) is 1. The molecule has 0 aliphatic carbocycles. The Morgan fingerprint density at radius 3 is 2.48 bits per heavy atom. The number of anilines is 1. The molecule has 4 amide bonds. The topological polar surface area (TPSA) is 85.1 Å². The van der Waals surface area contributed by atoms with E-state index >= 15 is 0 Å². The van der Waals surface area contributed by atoms with Crippen LogP contribution in [0.15, 0.2) is 23.2 Å². The first-order chi connectivity index (χ1) is 12.7. The Bertz CT molecular complexity index is 897. The fraction of sp³-hybridized carbons (Fsp3) is 0.312. The van der Waals surface area contributed by atoms with Crippen molar-refractivity contribution in [3.8, 4) is 0 Å². The lowest BCUT2D eigenvalue weighted by Crippen LogP contribution is -2.59. The quantitative estimate of drug-likeness (QED) is 0.745. The van der Waals surface area contributed by atoms with Crippen LogP contribution in [0.3, 0.4) is 0 Å². The number of carbonyl (C=O) groups is 3. The molecule has 0 radical (unpaired) electrons. The average Bonchev–Trinajstić information content (AvgIpc) is 2.92. The fourth-order valence-corrected chi connectivity index (χ4v) is 4.12. The molecule has 11 heteroatoms. The Morgan fingerprint density at radius 2 is 1.85 bits per heavy atom. The van der Waals surface area contributed by atoms with Crippen molar-refractivity contribution in [2.75, 3.05) is 32.2 Å². The fourth-order valence-electron chi connectivity index (χ4n) is 2.80. The van der Waals surface area contributed by atoms with Crippen molar-refractivity contribution >= 4 is 69.5 Å². The molecule has 0 saturated carbocycles. The van der Waals surface area contributed by atoms with Crippen molar-refractivity contribution in [1.29, 1.82) is 0 Å². The van der Waals surface area contributed by atoms with E-state index in [0.717, 1.165) is 4.90 Å². The molecule has 142 valence electrons. The Balaban J connectivity index is 1.69. The third kappa shape index (κ3) is 3.80. The molecule has 0 aromatic heterocycles. The number of carbonyl (C=O) groups excluding carboxylic acids is 3. The van der Waals surface area contributed by atoms with E-state index in [4.69, 9.17) is 23.2 Å². The van der Waals surface area contributed by atoms with Gasteiger partial charge in [-0.25, -0.2) is 14.3 Å². The Hall–Kier alpha value is -2.10. The average molecular weight is 429 g/mol. The maximum absolute atomic E-state index is 12.3. The standard InChI is InChI=1S/C16H15Cl2N5O3S/c1-21-13-12(14(25)23(3)16(26)22(13)2)20-15(21)27-7-11(24)19-10-5-8(17)4-9(18)6-10/h4-6,12H,7H2,1-3H3/p+1. The zero-order chi connectivity index (χ0) is 19.9. The lowest BCUT2D eigenvalue weighted by atomic mass is 10.2. The second kappa shape index (κ2) is 7.49. The summed E-state index contributed by atoms with van der Waals surface area (Å²) in [5, 5.41) is 4.03. The minimum atomic E-state index is -0.778. The molecule has 2 heterocycles. The van der Waals surface area contributed by atoms with E-state index in [-0.39, 0.29) is 11.7 Å². The number of nitrogens with one attached hydrogen (secondary N) is 1. The van der Waals surface area contributed by atoms with E-state index < -0.39 is 18.0 Å². The first-order valence-corrected chi connectivity index (χ1v) is 9.55. The van der Waals surface area contributed by atoms with Crippen molar-refractivity contribution in [1.82, 2.24) is 9.80 Å². The third-order valence-corrected chi connectivity index (χ3v) is 5.56. The van der Waals surface area contributed by atoms with Crippen LogP contribution in [0, 0.1) is 0 Å². The number of thioether (sulfide) groups is 1. The maximum Gasteiger partial charge on any atom is 0.388 e. The van der Waals surface area contributed by atoms with Crippen LogP contribution in [0.5, 0.6) is 0 Å². The van der Waals surface area contributed by atoms with Crippen molar-refractivity contribution in [2.24, 2.45) is 4.99 Å². The Labute approximate surface area is 169 Å². The smallest absolute Gasteiger partial charge is 0.325 e. The van der Waals surface area contributed by atoms with Crippen molar-refractivity contribution in [2.45, 2.75) is 6.04 Å². The summed E-state index contributed by atoms with van der Waals surface area (Å²) in [7, 11) is 4.71. The summed E-state index contributed by atoms with van der Waals surface area (Å²) < 4.78 is 1.65. The van der Waals surface area contributed by atoms with Gasteiger partial charge in [-0.3, -0.25) is 14.5 Å². The zero-order valence-corrected chi connectivity index (χ0v) is 17.0. The molecule has 27 heavy (non-hydrogen) atoms. The number of nitrogens with zero attached hydrogens (tertiary/aromatic N) is 4. The summed E-state index contributed by atoms with van der Waals surface area (Å²) >= 11 is 13.0. The van der Waals surface area contributed by atoms with Gasteiger partial charge < -0.3 is 5.32 Å². The van der Waals surface area contributed by atoms with Crippen molar-refractivity contribution in [3.63, 3.8) is 0 Å². The molecule has 1 N–H and O–H groups in total. The molecule has 2 aliphatic rings. The number of hydrogen-bond acceptors (Lipinski definition) is 5. The summed E-state index contributed by atoms with van der Waals surface area (Å²) in [6, 6.07) is 3.55. The number of amides is 4. The molecule has 1 aromatic carbocycles. The molecule has 1 aromatic rings. The van der Waals surface area contributed by atoms with Crippen LogP contribution in [0.1, 0.15) is 0 Å². The van der Waals surface area contributed by atoms with Crippen molar-refractivity contribution in [3.05, 3.63) is 28.2 Å². The van der Waals surface area contributed by atoms with Crippen LogP contribution in [-0.2, 0) is 9.59 Å². The van der Waals surface area contributed by atoms with Gasteiger partial charge >= 0.3 is 6.03 Å². The largest absolute Gasteiger partial charge is 0.388 e. The van der Waals surface area contributed by atoms with E-state index in [2.05, 4.69) is 10.3 Å². The van der Waals surface area contributed by atoms with Gasteiger partial charge in [0.15, 0.2) is 0 Å². The number of urea groups is 1. The van der Waals surface area contributed by atoms with E-state index in [0.29, 0.717) is 26.7 Å². The highest BCUT2D eigenvalue weighted by atomic mass is 35.5. The molecule has 0 bridgehead atoms. The lowest BCUT2D eigenvalue weighted by Gasteiger charge is -2.27. The van der Waals surface area contributed by atoms with Gasteiger partial charge in [0.25, 0.3) is 23.0 Å². The summed E-state index contributed by atoms with van der Waals surface area (Å²) in [6.45, 7) is 0. The second-order valence-corrected chi connectivity index (χ2v) is 7.78. The summed E-state index contributed by atoms with van der Waals surface area (Å²) in [6.07, 6.45) is 0. The number of benzene rings is 1. The maximum atomic E-state index is 12.3. The van der Waals surface area contributed by atoms with E-state index in [1.165, 1.54) is 23.7 Å². The number of amidine groups is 2. The Kier molecular flexibility index (Phi) is 5.45. The molecular formula is C16H16Cl2N5O3S+. The second-order valence-electron chi connectivity index (χ2n) is 5.97. The lowest BCUT2D eigenvalue weighted by molar-refractivity contribution is -0.367. The summed E-state index contributed by atoms with van der Waals surface area (Å²) in [5.74, 6) is -0.127. The van der Waals surface area contributed by atoms with Gasteiger partial charge in [0.2, 0.25) is 5.91 Å². The van der Waals surface area contributed by atoms with Gasteiger partial charge in [0.1, 0.15) is 0 Å². The molecule has 1 unspecified atom stereocenters. The van der Waals surface area contributed by atoms with Crippen LogP contribution in [0.4, 0.5) is 10.5 Å². The molecule has 1 atom stereocenters. The van der Waals surface area contributed by atoms with Gasteiger partial charge in [-0.15, -0.1) is 4.99 Å². The summed E-state index contributed by atoms with van der Waals surface area (Å²) in [4.78, 5) is 43.4. The number of aliphatic imine (C=N–C) groups is 1. The van der Waals surface area contributed by atoms with Crippen LogP contribution in [0.2, 0.25) is 10.0 Å². The first-order valence-electron chi connectivity index (χ1n) is 7.81. The minimum absolute atomic E-state index is 0.0645. The van der Waals surface area contributed by atoms with Gasteiger partial charge in [0, 0.05) is 22.8 Å². The normalized spacial score (nSPS) is 19.4. The number of fused-ring (bicyclic) bond motifs is 1. The van der Waals surface area contributed by atoms with Crippen molar-refractivity contribution < 1.29 is 19.0 Å². The monoisotopic (exact) mass is 428 g/mol. The Morgan fingerprint density at radius 1 is 1.22 bits per heavy atom. The molecule has 1 fully saturated rings.